The van der Waals surface area contributed by atoms with Crippen LogP contribution in [-0.2, 0) is 18.3 Å². The van der Waals surface area contributed by atoms with Crippen LogP contribution in [0.25, 0.3) is 0 Å². The van der Waals surface area contributed by atoms with E-state index in [0.29, 0.717) is 20.6 Å². The highest BCUT2D eigenvalue weighted by Gasteiger charge is 2.30. The molecule has 0 spiro atoms. The summed E-state index contributed by atoms with van der Waals surface area (Å²) in [5, 5.41) is 5.51. The van der Waals surface area contributed by atoms with Crippen LogP contribution in [0.1, 0.15) is 36.3 Å². The molecule has 0 saturated carbocycles. The third-order valence-electron chi connectivity index (χ3n) is 3.63. The van der Waals surface area contributed by atoms with E-state index in [2.05, 4.69) is 5.10 Å². The molecule has 1 atom stereocenters. The number of alkyl halides is 2. The first-order chi connectivity index (χ1) is 12.7. The minimum Gasteiger partial charge on any atom is -0.275 e. The zero-order valence-electron chi connectivity index (χ0n) is 14.8. The molecule has 2 aromatic rings. The van der Waals surface area contributed by atoms with Gasteiger partial charge in [-0.15, -0.1) is 0 Å². The van der Waals surface area contributed by atoms with Crippen LogP contribution in [0.2, 0.25) is 15.1 Å². The van der Waals surface area contributed by atoms with Gasteiger partial charge in [-0.25, -0.2) is 13.8 Å². The number of hydroxylamine groups is 2. The monoisotopic (exact) mass is 426 g/mol. The lowest BCUT2D eigenvalue weighted by atomic mass is 10.1. The van der Waals surface area contributed by atoms with Gasteiger partial charge in [0.1, 0.15) is 5.69 Å². The molecule has 0 radical (unpaired) electrons. The normalized spacial score (nSPS) is 13.0. The molecule has 0 aliphatic heterocycles. The number of nitrogens with zero attached hydrogens (tertiary/aromatic N) is 3. The third-order valence-corrected chi connectivity index (χ3v) is 4.52. The SMILES string of the molecule is [2H]Cn1cc(C(=O)N(OC)C(C)Cc2c(Cl)cc(Cl)cc2Cl)c(C(F)F)n1. The molecule has 142 valence electrons. The molecule has 1 amide bonds. The number of aromatic nitrogens is 2. The Morgan fingerprint density at radius 3 is 2.50 bits per heavy atom. The Morgan fingerprint density at radius 2 is 2.00 bits per heavy atom. The number of halogens is 5. The number of aryl methyl sites for hydroxylation is 1. The van der Waals surface area contributed by atoms with Crippen molar-refractivity contribution < 1.29 is 19.8 Å². The summed E-state index contributed by atoms with van der Waals surface area (Å²) in [7, 11) is 0.849. The lowest BCUT2D eigenvalue weighted by Crippen LogP contribution is -2.39. The molecule has 2 rings (SSSR count). The summed E-state index contributed by atoms with van der Waals surface area (Å²) in [6, 6.07) is 2.44. The van der Waals surface area contributed by atoms with Crippen LogP contribution in [0.4, 0.5) is 8.78 Å². The topological polar surface area (TPSA) is 47.4 Å². The van der Waals surface area contributed by atoms with Crippen LogP contribution < -0.4 is 0 Å². The molecule has 0 aliphatic rings. The fraction of sp³-hybridized carbons (Fsp3) is 0.375. The number of carbonyl (C=O) groups is 1. The molecule has 0 N–H and O–H groups in total. The van der Waals surface area contributed by atoms with Crippen molar-refractivity contribution in [3.63, 3.8) is 0 Å². The largest absolute Gasteiger partial charge is 0.282 e. The third kappa shape index (κ3) is 4.46. The van der Waals surface area contributed by atoms with Gasteiger partial charge in [-0.3, -0.25) is 14.3 Å². The Hall–Kier alpha value is -1.41. The van der Waals surface area contributed by atoms with Gasteiger partial charge in [0.25, 0.3) is 12.3 Å². The van der Waals surface area contributed by atoms with Crippen molar-refractivity contribution in [2.24, 2.45) is 7.02 Å². The summed E-state index contributed by atoms with van der Waals surface area (Å²) in [6.07, 6.45) is -1.67. The molecule has 26 heavy (non-hydrogen) atoms. The average molecular weight is 428 g/mol. The van der Waals surface area contributed by atoms with Crippen molar-refractivity contribution in [1.29, 1.82) is 0 Å². The second-order valence-electron chi connectivity index (χ2n) is 5.48. The Morgan fingerprint density at radius 1 is 1.38 bits per heavy atom. The highest BCUT2D eigenvalue weighted by atomic mass is 35.5. The second kappa shape index (κ2) is 8.52. The number of carbonyl (C=O) groups excluding carboxylic acids is 1. The molecule has 5 nitrogen and oxygen atoms in total. The first kappa shape index (κ1) is 19.4. The van der Waals surface area contributed by atoms with E-state index in [1.54, 1.807) is 6.92 Å². The molecule has 1 aromatic carbocycles. The summed E-state index contributed by atoms with van der Waals surface area (Å²) >= 11 is 18.2. The second-order valence-corrected chi connectivity index (χ2v) is 6.73. The molecule has 0 fully saturated rings. The maximum absolute atomic E-state index is 13.2. The maximum Gasteiger partial charge on any atom is 0.282 e. The predicted octanol–water partition coefficient (Wildman–Crippen LogP) is 4.95. The van der Waals surface area contributed by atoms with Gasteiger partial charge in [0.2, 0.25) is 0 Å². The van der Waals surface area contributed by atoms with Crippen molar-refractivity contribution in [2.75, 3.05) is 7.11 Å². The van der Waals surface area contributed by atoms with Crippen molar-refractivity contribution >= 4 is 40.7 Å². The molecule has 0 aliphatic carbocycles. The molecular weight excluding hydrogens is 411 g/mol. The first-order valence-corrected chi connectivity index (χ1v) is 8.48. The van der Waals surface area contributed by atoms with Crippen molar-refractivity contribution in [1.82, 2.24) is 14.8 Å². The van der Waals surface area contributed by atoms with Gasteiger partial charge in [-0.2, -0.15) is 5.10 Å². The fourth-order valence-electron chi connectivity index (χ4n) is 2.49. The lowest BCUT2D eigenvalue weighted by Gasteiger charge is -2.27. The Balaban J connectivity index is 2.31. The summed E-state index contributed by atoms with van der Waals surface area (Å²) in [5.41, 5.74) is -0.496. The summed E-state index contributed by atoms with van der Waals surface area (Å²) in [4.78, 5) is 17.9. The van der Waals surface area contributed by atoms with Crippen LogP contribution in [0.15, 0.2) is 18.3 Å². The van der Waals surface area contributed by atoms with E-state index in [0.717, 1.165) is 15.9 Å². The standard InChI is InChI=1S/C16H16Cl3F2N3O2/c1-8(4-10-12(18)5-9(17)6-13(10)19)24(26-3)16(25)11-7-23(2)22-14(11)15(20)21/h5-8,15H,4H2,1-3H3/i2D. The quantitative estimate of drug-likeness (QED) is 0.613. The predicted molar refractivity (Wildman–Crippen MR) is 96.0 cm³/mol. The van der Waals surface area contributed by atoms with Crippen molar-refractivity contribution in [2.45, 2.75) is 25.8 Å². The Kier molecular flexibility index (Phi) is 6.34. The Bertz CT molecular complexity index is 812. The molecule has 0 bridgehead atoms. The molecule has 10 heteroatoms. The molecule has 0 saturated heterocycles. The molecule has 1 heterocycles. The summed E-state index contributed by atoms with van der Waals surface area (Å²) in [6.45, 7) is 1.65. The van der Waals surface area contributed by atoms with Crippen molar-refractivity contribution in [3.8, 4) is 0 Å². The van der Waals surface area contributed by atoms with Crippen LogP contribution in [0, 0.1) is 0 Å². The van der Waals surface area contributed by atoms with E-state index in [4.69, 9.17) is 41.0 Å². The number of hydrogen-bond donors (Lipinski definition) is 0. The van der Waals surface area contributed by atoms with Gasteiger partial charge in [-0.1, -0.05) is 34.8 Å². The molecule has 1 aromatic heterocycles. The van der Waals surface area contributed by atoms with Crippen LogP contribution in [0.3, 0.4) is 0 Å². The highest BCUT2D eigenvalue weighted by molar-refractivity contribution is 6.39. The minimum atomic E-state index is -2.97. The van der Waals surface area contributed by atoms with Crippen LogP contribution in [-0.4, -0.2) is 33.9 Å². The zero-order valence-corrected chi connectivity index (χ0v) is 16.1. The van der Waals surface area contributed by atoms with Crippen LogP contribution in [0.5, 0.6) is 0 Å². The minimum absolute atomic E-state index is 0.199. The van der Waals surface area contributed by atoms with E-state index < -0.39 is 31.1 Å². The summed E-state index contributed by atoms with van der Waals surface area (Å²) < 4.78 is 34.6. The van der Waals surface area contributed by atoms with E-state index in [1.807, 2.05) is 0 Å². The highest BCUT2D eigenvalue weighted by Crippen LogP contribution is 2.31. The zero-order chi connectivity index (χ0) is 20.3. The van der Waals surface area contributed by atoms with Gasteiger partial charge in [0.15, 0.2) is 0 Å². The van der Waals surface area contributed by atoms with Gasteiger partial charge < -0.3 is 0 Å². The van der Waals surface area contributed by atoms with Gasteiger partial charge in [0, 0.05) is 29.7 Å². The van der Waals surface area contributed by atoms with Crippen LogP contribution >= 0.6 is 34.8 Å². The number of hydrogen-bond acceptors (Lipinski definition) is 3. The van der Waals surface area contributed by atoms with Gasteiger partial charge >= 0.3 is 0 Å². The fourth-order valence-corrected chi connectivity index (χ4v) is 3.46. The molecular formula is C16H16Cl3F2N3O2. The van der Waals surface area contributed by atoms with Crippen molar-refractivity contribution in [3.05, 3.63) is 50.2 Å². The summed E-state index contributed by atoms with van der Waals surface area (Å²) in [5.74, 6) is -0.804. The average Bonchev–Trinajstić information content (AvgIpc) is 3.03. The smallest absolute Gasteiger partial charge is 0.275 e. The van der Waals surface area contributed by atoms with E-state index >= 15 is 0 Å². The van der Waals surface area contributed by atoms with E-state index in [-0.39, 0.29) is 12.0 Å². The van der Waals surface area contributed by atoms with Gasteiger partial charge in [0.05, 0.1) is 18.7 Å². The number of rotatable bonds is 6. The maximum atomic E-state index is 13.2. The molecule has 1 unspecified atom stereocenters. The Labute approximate surface area is 165 Å². The number of amides is 1. The van der Waals surface area contributed by atoms with E-state index in [9.17, 15) is 13.6 Å². The van der Waals surface area contributed by atoms with Gasteiger partial charge in [-0.05, 0) is 31.0 Å². The lowest BCUT2D eigenvalue weighted by molar-refractivity contribution is -0.119. The van der Waals surface area contributed by atoms with E-state index in [1.165, 1.54) is 19.2 Å². The number of benzene rings is 1. The first-order valence-electron chi connectivity index (χ1n) is 8.06.